The molecular formula is C15H24N2O2. The summed E-state index contributed by atoms with van der Waals surface area (Å²) >= 11 is 0. The van der Waals surface area contributed by atoms with Gasteiger partial charge in [-0.05, 0) is 38.0 Å². The van der Waals surface area contributed by atoms with Crippen molar-refractivity contribution in [1.82, 2.24) is 5.32 Å². The summed E-state index contributed by atoms with van der Waals surface area (Å²) in [6, 6.07) is 5.82. The number of anilines is 1. The minimum absolute atomic E-state index is 0.0152. The molecule has 0 aliphatic rings. The van der Waals surface area contributed by atoms with Crippen molar-refractivity contribution >= 4 is 11.6 Å². The third kappa shape index (κ3) is 4.91. The van der Waals surface area contributed by atoms with Crippen LogP contribution >= 0.6 is 0 Å². The highest BCUT2D eigenvalue weighted by Crippen LogP contribution is 2.17. The first-order chi connectivity index (χ1) is 9.08. The number of carbonyl (C=O) groups excluding carboxylic acids is 1. The van der Waals surface area contributed by atoms with Crippen LogP contribution < -0.4 is 10.6 Å². The van der Waals surface area contributed by atoms with Crippen molar-refractivity contribution in [2.75, 3.05) is 25.5 Å². The highest BCUT2D eigenvalue weighted by Gasteiger charge is 2.12. The molecule has 0 aliphatic heterocycles. The van der Waals surface area contributed by atoms with Gasteiger partial charge >= 0.3 is 0 Å². The number of hydrogen-bond donors (Lipinski definition) is 2. The molecule has 0 spiro atoms. The van der Waals surface area contributed by atoms with Crippen molar-refractivity contribution in [1.29, 1.82) is 0 Å². The molecule has 0 fully saturated rings. The molecule has 1 aromatic rings. The smallest absolute Gasteiger partial charge is 0.253 e. The second-order valence-electron chi connectivity index (χ2n) is 4.73. The Balaban J connectivity index is 2.77. The summed E-state index contributed by atoms with van der Waals surface area (Å²) in [5.41, 5.74) is 2.71. The second kappa shape index (κ2) is 7.79. The molecule has 106 valence electrons. The molecule has 0 radical (unpaired) electrons. The molecule has 1 amide bonds. The number of hydrogen-bond acceptors (Lipinski definition) is 3. The zero-order valence-electron chi connectivity index (χ0n) is 12.2. The molecule has 1 rings (SSSR count). The maximum absolute atomic E-state index is 12.2. The molecule has 0 saturated carbocycles. The Morgan fingerprint density at radius 3 is 2.79 bits per heavy atom. The van der Waals surface area contributed by atoms with E-state index in [1.54, 1.807) is 7.11 Å². The van der Waals surface area contributed by atoms with Gasteiger partial charge in [0.25, 0.3) is 5.91 Å². The molecule has 1 unspecified atom stereocenters. The van der Waals surface area contributed by atoms with Gasteiger partial charge in [0.1, 0.15) is 0 Å². The second-order valence-corrected chi connectivity index (χ2v) is 4.73. The number of benzene rings is 1. The zero-order chi connectivity index (χ0) is 14.3. The molecular weight excluding hydrogens is 240 g/mol. The Kier molecular flexibility index (Phi) is 6.36. The highest BCUT2D eigenvalue weighted by molar-refractivity contribution is 5.99. The van der Waals surface area contributed by atoms with Gasteiger partial charge in [-0.25, -0.2) is 0 Å². The van der Waals surface area contributed by atoms with Crippen molar-refractivity contribution in [2.45, 2.75) is 33.3 Å². The topological polar surface area (TPSA) is 50.4 Å². The lowest BCUT2D eigenvalue weighted by molar-refractivity contribution is 0.0871. The SMILES string of the molecule is CCCNc1cc(C)ccc1C(=O)NCC(C)OC. The Morgan fingerprint density at radius 1 is 1.42 bits per heavy atom. The Labute approximate surface area is 115 Å². The maximum atomic E-state index is 12.2. The molecule has 0 aliphatic carbocycles. The minimum atomic E-state index is -0.0671. The average Bonchev–Trinajstić information content (AvgIpc) is 2.42. The fourth-order valence-electron chi connectivity index (χ4n) is 1.68. The summed E-state index contributed by atoms with van der Waals surface area (Å²) in [6.07, 6.45) is 1.04. The van der Waals surface area contributed by atoms with E-state index in [2.05, 4.69) is 17.6 Å². The number of methoxy groups -OCH3 is 1. The van der Waals surface area contributed by atoms with E-state index >= 15 is 0 Å². The molecule has 0 aromatic heterocycles. The minimum Gasteiger partial charge on any atom is -0.384 e. The number of carbonyl (C=O) groups is 1. The lowest BCUT2D eigenvalue weighted by atomic mass is 10.1. The molecule has 19 heavy (non-hydrogen) atoms. The molecule has 0 heterocycles. The van der Waals surface area contributed by atoms with Gasteiger partial charge in [0.15, 0.2) is 0 Å². The molecule has 0 saturated heterocycles. The van der Waals surface area contributed by atoms with Crippen LogP contribution in [0.4, 0.5) is 5.69 Å². The summed E-state index contributed by atoms with van der Waals surface area (Å²) in [4.78, 5) is 12.2. The summed E-state index contributed by atoms with van der Waals surface area (Å²) in [7, 11) is 1.64. The number of nitrogens with one attached hydrogen (secondary N) is 2. The van der Waals surface area contributed by atoms with Gasteiger partial charge in [-0.1, -0.05) is 13.0 Å². The van der Waals surface area contributed by atoms with Gasteiger partial charge in [0, 0.05) is 25.9 Å². The van der Waals surface area contributed by atoms with E-state index < -0.39 is 0 Å². The number of aryl methyl sites for hydroxylation is 1. The molecule has 4 nitrogen and oxygen atoms in total. The van der Waals surface area contributed by atoms with Gasteiger partial charge < -0.3 is 15.4 Å². The van der Waals surface area contributed by atoms with Crippen LogP contribution in [0.2, 0.25) is 0 Å². The van der Waals surface area contributed by atoms with Crippen molar-refractivity contribution in [3.8, 4) is 0 Å². The Bertz CT molecular complexity index is 419. The van der Waals surface area contributed by atoms with Crippen LogP contribution in [0.3, 0.4) is 0 Å². The third-order valence-corrected chi connectivity index (χ3v) is 2.94. The molecule has 2 N–H and O–H groups in total. The lowest BCUT2D eigenvalue weighted by Gasteiger charge is -2.14. The monoisotopic (exact) mass is 264 g/mol. The van der Waals surface area contributed by atoms with E-state index in [1.807, 2.05) is 32.0 Å². The van der Waals surface area contributed by atoms with E-state index in [4.69, 9.17) is 4.74 Å². The van der Waals surface area contributed by atoms with Gasteiger partial charge in [-0.3, -0.25) is 4.79 Å². The number of ether oxygens (including phenoxy) is 1. The van der Waals surface area contributed by atoms with Gasteiger partial charge in [0.05, 0.1) is 11.7 Å². The fraction of sp³-hybridized carbons (Fsp3) is 0.533. The van der Waals surface area contributed by atoms with Crippen molar-refractivity contribution in [3.05, 3.63) is 29.3 Å². The van der Waals surface area contributed by atoms with Gasteiger partial charge in [-0.15, -0.1) is 0 Å². The molecule has 4 heteroatoms. The normalized spacial score (nSPS) is 12.0. The fourth-order valence-corrected chi connectivity index (χ4v) is 1.68. The van der Waals surface area contributed by atoms with Crippen LogP contribution in [0.15, 0.2) is 18.2 Å². The quantitative estimate of drug-likeness (QED) is 0.796. The first kappa shape index (κ1) is 15.5. The highest BCUT2D eigenvalue weighted by atomic mass is 16.5. The average molecular weight is 264 g/mol. The summed E-state index contributed by atoms with van der Waals surface area (Å²) in [6.45, 7) is 7.41. The Hall–Kier alpha value is -1.55. The van der Waals surface area contributed by atoms with Crippen molar-refractivity contribution < 1.29 is 9.53 Å². The van der Waals surface area contributed by atoms with Crippen LogP contribution in [0.5, 0.6) is 0 Å². The molecule has 1 aromatic carbocycles. The van der Waals surface area contributed by atoms with Gasteiger partial charge in [-0.2, -0.15) is 0 Å². The van der Waals surface area contributed by atoms with Crippen LogP contribution in [0.1, 0.15) is 36.2 Å². The zero-order valence-corrected chi connectivity index (χ0v) is 12.2. The van der Waals surface area contributed by atoms with Gasteiger partial charge in [0.2, 0.25) is 0 Å². The van der Waals surface area contributed by atoms with Crippen molar-refractivity contribution in [2.24, 2.45) is 0 Å². The van der Waals surface area contributed by atoms with E-state index in [9.17, 15) is 4.79 Å². The van der Waals surface area contributed by atoms with Crippen LogP contribution in [-0.2, 0) is 4.74 Å². The van der Waals surface area contributed by atoms with E-state index in [1.165, 1.54) is 0 Å². The summed E-state index contributed by atoms with van der Waals surface area (Å²) < 4.78 is 5.12. The van der Waals surface area contributed by atoms with E-state index in [0.29, 0.717) is 12.1 Å². The molecule has 0 bridgehead atoms. The Morgan fingerprint density at radius 2 is 2.16 bits per heavy atom. The number of amides is 1. The standard InChI is InChI=1S/C15H24N2O2/c1-5-8-16-14-9-11(2)6-7-13(14)15(18)17-10-12(3)19-4/h6-7,9,12,16H,5,8,10H2,1-4H3,(H,17,18). The maximum Gasteiger partial charge on any atom is 0.253 e. The summed E-state index contributed by atoms with van der Waals surface area (Å²) in [5.74, 6) is -0.0671. The van der Waals surface area contributed by atoms with Crippen LogP contribution in [-0.4, -0.2) is 32.2 Å². The predicted octanol–water partition coefficient (Wildman–Crippen LogP) is 2.58. The van der Waals surface area contributed by atoms with Crippen molar-refractivity contribution in [3.63, 3.8) is 0 Å². The third-order valence-electron chi connectivity index (χ3n) is 2.94. The first-order valence-corrected chi connectivity index (χ1v) is 6.74. The first-order valence-electron chi connectivity index (χ1n) is 6.74. The van der Waals surface area contributed by atoms with Crippen LogP contribution in [0.25, 0.3) is 0 Å². The lowest BCUT2D eigenvalue weighted by Crippen LogP contribution is -2.32. The summed E-state index contributed by atoms with van der Waals surface area (Å²) in [5, 5.41) is 6.18. The largest absolute Gasteiger partial charge is 0.384 e. The number of rotatable bonds is 7. The predicted molar refractivity (Wildman–Crippen MR) is 78.8 cm³/mol. The van der Waals surface area contributed by atoms with E-state index in [-0.39, 0.29) is 12.0 Å². The molecule has 1 atom stereocenters. The van der Waals surface area contributed by atoms with Crippen LogP contribution in [0, 0.1) is 6.92 Å². The van der Waals surface area contributed by atoms with E-state index in [0.717, 1.165) is 24.2 Å².